The standard InChI is InChI=1S/C12H24N2O/c1-10(2)6-7-11(14-13)12(15-3)8-4-5-9-12/h11,14H,1,4-9,13H2,2-3H3. The van der Waals surface area contributed by atoms with Gasteiger partial charge in [0, 0.05) is 7.11 Å². The van der Waals surface area contributed by atoms with Crippen LogP contribution in [0.25, 0.3) is 0 Å². The highest BCUT2D eigenvalue weighted by Crippen LogP contribution is 2.37. The smallest absolute Gasteiger partial charge is 0.0844 e. The van der Waals surface area contributed by atoms with E-state index in [-0.39, 0.29) is 11.6 Å². The predicted molar refractivity (Wildman–Crippen MR) is 63.4 cm³/mol. The summed E-state index contributed by atoms with van der Waals surface area (Å²) in [4.78, 5) is 0. The lowest BCUT2D eigenvalue weighted by molar-refractivity contribution is -0.0377. The Kier molecular flexibility index (Phi) is 4.77. The van der Waals surface area contributed by atoms with E-state index in [0.717, 1.165) is 25.7 Å². The highest BCUT2D eigenvalue weighted by Gasteiger charge is 2.40. The number of nitrogens with one attached hydrogen (secondary N) is 1. The van der Waals surface area contributed by atoms with Gasteiger partial charge in [-0.3, -0.25) is 11.3 Å². The Hall–Kier alpha value is -0.380. The number of allylic oxidation sites excluding steroid dienone is 1. The van der Waals surface area contributed by atoms with Crippen molar-refractivity contribution in [2.45, 2.75) is 57.1 Å². The van der Waals surface area contributed by atoms with Gasteiger partial charge in [0.25, 0.3) is 0 Å². The summed E-state index contributed by atoms with van der Waals surface area (Å²) < 4.78 is 5.71. The Morgan fingerprint density at radius 1 is 1.53 bits per heavy atom. The molecule has 1 aliphatic rings. The first kappa shape index (κ1) is 12.7. The quantitative estimate of drug-likeness (QED) is 0.403. The molecule has 1 aliphatic carbocycles. The van der Waals surface area contributed by atoms with Crippen molar-refractivity contribution in [2.24, 2.45) is 5.84 Å². The SMILES string of the molecule is C=C(C)CCC(NN)C1(OC)CCCC1. The van der Waals surface area contributed by atoms with E-state index >= 15 is 0 Å². The fourth-order valence-electron chi connectivity index (χ4n) is 2.56. The second-order valence-corrected chi connectivity index (χ2v) is 4.69. The third-order valence-electron chi connectivity index (χ3n) is 3.55. The maximum Gasteiger partial charge on any atom is 0.0844 e. The van der Waals surface area contributed by atoms with E-state index in [4.69, 9.17) is 10.6 Å². The summed E-state index contributed by atoms with van der Waals surface area (Å²) in [7, 11) is 1.80. The molecular formula is C12H24N2O. The number of ether oxygens (including phenoxy) is 1. The number of methoxy groups -OCH3 is 1. The van der Waals surface area contributed by atoms with Crippen molar-refractivity contribution in [3.63, 3.8) is 0 Å². The Labute approximate surface area is 93.0 Å². The zero-order chi connectivity index (χ0) is 11.3. The van der Waals surface area contributed by atoms with E-state index in [1.165, 1.54) is 18.4 Å². The summed E-state index contributed by atoms with van der Waals surface area (Å²) in [5, 5.41) is 0. The van der Waals surface area contributed by atoms with Crippen LogP contribution < -0.4 is 11.3 Å². The Morgan fingerprint density at radius 3 is 2.53 bits per heavy atom. The van der Waals surface area contributed by atoms with Crippen molar-refractivity contribution in [1.82, 2.24) is 5.43 Å². The van der Waals surface area contributed by atoms with Gasteiger partial charge in [0.1, 0.15) is 0 Å². The van der Waals surface area contributed by atoms with Crippen LogP contribution in [0, 0.1) is 0 Å². The summed E-state index contributed by atoms with van der Waals surface area (Å²) in [6.07, 6.45) is 6.76. The molecular weight excluding hydrogens is 188 g/mol. The summed E-state index contributed by atoms with van der Waals surface area (Å²) in [6, 6.07) is 0.252. The molecule has 3 N–H and O–H groups in total. The van der Waals surface area contributed by atoms with Crippen LogP contribution in [0.3, 0.4) is 0 Å². The molecule has 0 spiro atoms. The first-order valence-electron chi connectivity index (χ1n) is 5.80. The van der Waals surface area contributed by atoms with E-state index < -0.39 is 0 Å². The fraction of sp³-hybridized carbons (Fsp3) is 0.833. The largest absolute Gasteiger partial charge is 0.377 e. The molecule has 1 rings (SSSR count). The number of hydrogen-bond donors (Lipinski definition) is 2. The average molecular weight is 212 g/mol. The molecule has 88 valence electrons. The van der Waals surface area contributed by atoms with E-state index in [1.807, 2.05) is 0 Å². The zero-order valence-electron chi connectivity index (χ0n) is 10.0. The van der Waals surface area contributed by atoms with Crippen LogP contribution in [-0.2, 0) is 4.74 Å². The molecule has 0 heterocycles. The number of hydrazine groups is 1. The molecule has 1 fully saturated rings. The summed E-state index contributed by atoms with van der Waals surface area (Å²) in [6.45, 7) is 5.98. The fourth-order valence-corrected chi connectivity index (χ4v) is 2.56. The lowest BCUT2D eigenvalue weighted by atomic mass is 9.88. The van der Waals surface area contributed by atoms with Gasteiger partial charge in [-0.05, 0) is 32.6 Å². The molecule has 1 unspecified atom stereocenters. The summed E-state index contributed by atoms with van der Waals surface area (Å²) >= 11 is 0. The average Bonchev–Trinajstić information content (AvgIpc) is 2.68. The first-order chi connectivity index (χ1) is 7.14. The second kappa shape index (κ2) is 5.64. The topological polar surface area (TPSA) is 47.3 Å². The van der Waals surface area contributed by atoms with Crippen molar-refractivity contribution >= 4 is 0 Å². The normalized spacial score (nSPS) is 21.5. The maximum absolute atomic E-state index is 5.71. The summed E-state index contributed by atoms with van der Waals surface area (Å²) in [5.74, 6) is 5.64. The van der Waals surface area contributed by atoms with Crippen LogP contribution in [0.5, 0.6) is 0 Å². The van der Waals surface area contributed by atoms with Gasteiger partial charge in [-0.15, -0.1) is 6.58 Å². The maximum atomic E-state index is 5.71. The molecule has 0 aromatic carbocycles. The van der Waals surface area contributed by atoms with E-state index in [1.54, 1.807) is 7.11 Å². The molecule has 0 aliphatic heterocycles. The van der Waals surface area contributed by atoms with Crippen LogP contribution in [-0.4, -0.2) is 18.8 Å². The third kappa shape index (κ3) is 3.03. The Morgan fingerprint density at radius 2 is 2.13 bits per heavy atom. The lowest BCUT2D eigenvalue weighted by Crippen LogP contribution is -2.53. The highest BCUT2D eigenvalue weighted by molar-refractivity contribution is 4.99. The highest BCUT2D eigenvalue weighted by atomic mass is 16.5. The molecule has 3 nitrogen and oxygen atoms in total. The van der Waals surface area contributed by atoms with Crippen LogP contribution in [0.2, 0.25) is 0 Å². The number of hydrogen-bond acceptors (Lipinski definition) is 3. The second-order valence-electron chi connectivity index (χ2n) is 4.69. The number of nitrogens with two attached hydrogens (primary N) is 1. The number of rotatable bonds is 6. The van der Waals surface area contributed by atoms with Crippen LogP contribution in [0.4, 0.5) is 0 Å². The van der Waals surface area contributed by atoms with E-state index in [0.29, 0.717) is 0 Å². The first-order valence-corrected chi connectivity index (χ1v) is 5.80. The minimum absolute atomic E-state index is 0.0375. The molecule has 0 aromatic heterocycles. The van der Waals surface area contributed by atoms with Gasteiger partial charge < -0.3 is 4.74 Å². The van der Waals surface area contributed by atoms with Gasteiger partial charge >= 0.3 is 0 Å². The van der Waals surface area contributed by atoms with Gasteiger partial charge in [-0.25, -0.2) is 0 Å². The molecule has 0 radical (unpaired) electrons. The zero-order valence-corrected chi connectivity index (χ0v) is 10.0. The van der Waals surface area contributed by atoms with Crippen molar-refractivity contribution in [1.29, 1.82) is 0 Å². The van der Waals surface area contributed by atoms with E-state index in [9.17, 15) is 0 Å². The molecule has 0 amide bonds. The van der Waals surface area contributed by atoms with Crippen LogP contribution in [0.1, 0.15) is 45.4 Å². The molecule has 15 heavy (non-hydrogen) atoms. The minimum Gasteiger partial charge on any atom is -0.377 e. The van der Waals surface area contributed by atoms with Crippen molar-refractivity contribution in [3.05, 3.63) is 12.2 Å². The molecule has 0 bridgehead atoms. The van der Waals surface area contributed by atoms with Crippen LogP contribution in [0.15, 0.2) is 12.2 Å². The van der Waals surface area contributed by atoms with Gasteiger partial charge in [-0.1, -0.05) is 18.4 Å². The molecule has 0 saturated heterocycles. The van der Waals surface area contributed by atoms with Crippen molar-refractivity contribution in [3.8, 4) is 0 Å². The van der Waals surface area contributed by atoms with Gasteiger partial charge in [-0.2, -0.15) is 0 Å². The van der Waals surface area contributed by atoms with Crippen molar-refractivity contribution in [2.75, 3.05) is 7.11 Å². The van der Waals surface area contributed by atoms with Crippen LogP contribution >= 0.6 is 0 Å². The molecule has 3 heteroatoms. The van der Waals surface area contributed by atoms with Gasteiger partial charge in [0.2, 0.25) is 0 Å². The predicted octanol–water partition coefficient (Wildman–Crippen LogP) is 2.13. The van der Waals surface area contributed by atoms with Gasteiger partial charge in [0.05, 0.1) is 11.6 Å². The van der Waals surface area contributed by atoms with Crippen molar-refractivity contribution < 1.29 is 4.74 Å². The Bertz CT molecular complexity index is 210. The van der Waals surface area contributed by atoms with E-state index in [2.05, 4.69) is 18.9 Å². The minimum atomic E-state index is -0.0375. The van der Waals surface area contributed by atoms with Gasteiger partial charge in [0.15, 0.2) is 0 Å². The molecule has 0 aromatic rings. The Balaban J connectivity index is 2.57. The molecule has 1 saturated carbocycles. The third-order valence-corrected chi connectivity index (χ3v) is 3.55. The lowest BCUT2D eigenvalue weighted by Gasteiger charge is -2.36. The molecule has 1 atom stereocenters. The monoisotopic (exact) mass is 212 g/mol. The summed E-state index contributed by atoms with van der Waals surface area (Å²) in [5.41, 5.74) is 4.10.